The van der Waals surface area contributed by atoms with Gasteiger partial charge in [-0.1, -0.05) is 13.8 Å². The summed E-state index contributed by atoms with van der Waals surface area (Å²) in [4.78, 5) is 4.03. The largest absolute Gasteiger partial charge is 0.339 e. The number of rotatable bonds is 4. The van der Waals surface area contributed by atoms with E-state index in [1.54, 1.807) is 4.31 Å². The van der Waals surface area contributed by atoms with Gasteiger partial charge >= 0.3 is 10.3 Å². The molecular weight excluding hydrogens is 350 g/mol. The second kappa shape index (κ2) is 8.78. The summed E-state index contributed by atoms with van der Waals surface area (Å²) in [6.07, 6.45) is 11.7. The van der Waals surface area contributed by atoms with Crippen LogP contribution in [-0.2, 0) is 20.9 Å². The molecule has 0 aliphatic carbocycles. The first kappa shape index (κ1) is 19.7. The number of hydrogen-bond donors (Lipinski definition) is 1. The first-order valence-electron chi connectivity index (χ1n) is 9.86. The number of hydrogen-bond acceptors (Lipinski definition) is 5. The molecule has 0 unspecified atom stereocenters. The Hall–Kier alpha value is -1.02. The van der Waals surface area contributed by atoms with Crippen LogP contribution in [0.2, 0.25) is 0 Å². The fourth-order valence-electron chi connectivity index (χ4n) is 4.26. The highest BCUT2D eigenvalue weighted by atomic mass is 32.2. The van der Waals surface area contributed by atoms with E-state index in [4.69, 9.17) is 4.18 Å². The van der Waals surface area contributed by atoms with E-state index >= 15 is 0 Å². The smallest absolute Gasteiger partial charge is 0.311 e. The molecule has 6 nitrogen and oxygen atoms in total. The summed E-state index contributed by atoms with van der Waals surface area (Å²) in [6, 6.07) is 5.97. The van der Waals surface area contributed by atoms with E-state index in [0.717, 1.165) is 31.7 Å². The molecule has 7 heteroatoms. The topological polar surface area (TPSA) is 71.5 Å². The molecule has 1 N–H and O–H groups in total. The van der Waals surface area contributed by atoms with Crippen molar-refractivity contribution in [2.75, 3.05) is 6.61 Å². The molecule has 146 valence electrons. The van der Waals surface area contributed by atoms with Crippen LogP contribution in [-0.4, -0.2) is 48.5 Å². The van der Waals surface area contributed by atoms with Crippen molar-refractivity contribution >= 4 is 10.3 Å². The Morgan fingerprint density at radius 1 is 1.12 bits per heavy atom. The summed E-state index contributed by atoms with van der Waals surface area (Å²) >= 11 is 0. The van der Waals surface area contributed by atoms with Crippen LogP contribution >= 0.6 is 0 Å². The zero-order valence-corrected chi connectivity index (χ0v) is 16.6. The molecule has 0 spiro atoms. The average molecular weight is 382 g/mol. The fraction of sp³-hybridized carbons (Fsp3) is 0.737. The Bertz CT molecular complexity index is 668. The summed E-state index contributed by atoms with van der Waals surface area (Å²) in [6.45, 7) is 4.63. The standard InChI is InChI=1S/C12H18N2.C7H13NO3S/c1-2-11-3-4-12(14-11)9-10-5-7-13-8-6-10;1-2-6-3-4-7-5-11-12(9,10)8(6)7/h5-8,11-12,14H,2-4,9H2,1H3;6-7H,2-5H2,1H3/t11-,12+;6-,7+/m11/s1. The van der Waals surface area contributed by atoms with Crippen molar-refractivity contribution in [3.63, 3.8) is 0 Å². The molecule has 0 amide bonds. The number of nitrogens with zero attached hydrogens (tertiary/aromatic N) is 2. The van der Waals surface area contributed by atoms with Crippen LogP contribution in [0.4, 0.5) is 0 Å². The summed E-state index contributed by atoms with van der Waals surface area (Å²) in [5.74, 6) is 0. The van der Waals surface area contributed by atoms with E-state index in [9.17, 15) is 8.42 Å². The second-order valence-electron chi connectivity index (χ2n) is 7.47. The number of nitrogens with one attached hydrogen (secondary N) is 1. The lowest BCUT2D eigenvalue weighted by Crippen LogP contribution is -2.35. The molecule has 26 heavy (non-hydrogen) atoms. The first-order chi connectivity index (χ1) is 12.5. The van der Waals surface area contributed by atoms with Gasteiger partial charge < -0.3 is 5.32 Å². The summed E-state index contributed by atoms with van der Waals surface area (Å²) < 4.78 is 28.9. The summed E-state index contributed by atoms with van der Waals surface area (Å²) in [5.41, 5.74) is 1.40. The molecule has 4 heterocycles. The maximum atomic E-state index is 11.3. The van der Waals surface area contributed by atoms with Crippen LogP contribution < -0.4 is 5.32 Å². The van der Waals surface area contributed by atoms with Gasteiger partial charge in [-0.05, 0) is 62.6 Å². The van der Waals surface area contributed by atoms with Crippen molar-refractivity contribution in [3.05, 3.63) is 30.1 Å². The number of fused-ring (bicyclic) bond motifs is 1. The van der Waals surface area contributed by atoms with Crippen molar-refractivity contribution in [1.29, 1.82) is 0 Å². The maximum Gasteiger partial charge on any atom is 0.339 e. The Morgan fingerprint density at radius 2 is 1.85 bits per heavy atom. The van der Waals surface area contributed by atoms with E-state index in [0.29, 0.717) is 12.6 Å². The minimum absolute atomic E-state index is 0.125. The third-order valence-electron chi connectivity index (χ3n) is 5.75. The highest BCUT2D eigenvalue weighted by Gasteiger charge is 2.46. The van der Waals surface area contributed by atoms with Crippen LogP contribution in [0.15, 0.2) is 24.5 Å². The predicted octanol–water partition coefficient (Wildman–Crippen LogP) is 2.66. The van der Waals surface area contributed by atoms with E-state index in [2.05, 4.69) is 29.4 Å². The number of aromatic nitrogens is 1. The van der Waals surface area contributed by atoms with Gasteiger partial charge in [-0.2, -0.15) is 12.7 Å². The van der Waals surface area contributed by atoms with Crippen molar-refractivity contribution in [2.24, 2.45) is 0 Å². The van der Waals surface area contributed by atoms with E-state index in [1.807, 2.05) is 19.3 Å². The van der Waals surface area contributed by atoms with E-state index in [1.165, 1.54) is 24.8 Å². The second-order valence-corrected chi connectivity index (χ2v) is 8.98. The van der Waals surface area contributed by atoms with Gasteiger partial charge in [-0.15, -0.1) is 0 Å². The van der Waals surface area contributed by atoms with Gasteiger partial charge in [0.25, 0.3) is 0 Å². The summed E-state index contributed by atoms with van der Waals surface area (Å²) in [5, 5.41) is 3.67. The molecule has 3 aliphatic heterocycles. The molecule has 0 radical (unpaired) electrons. The molecule has 0 saturated carbocycles. The van der Waals surface area contributed by atoms with Crippen LogP contribution in [0.3, 0.4) is 0 Å². The fourth-order valence-corrected chi connectivity index (χ4v) is 5.86. The predicted molar refractivity (Wildman–Crippen MR) is 102 cm³/mol. The Kier molecular flexibility index (Phi) is 6.66. The molecule has 1 aromatic rings. The molecule has 0 aromatic carbocycles. The number of pyridine rings is 1. The van der Waals surface area contributed by atoms with Gasteiger partial charge in [-0.3, -0.25) is 9.17 Å². The molecule has 3 saturated heterocycles. The van der Waals surface area contributed by atoms with Gasteiger partial charge in [0.1, 0.15) is 0 Å². The molecule has 3 aliphatic rings. The molecule has 4 atom stereocenters. The highest BCUT2D eigenvalue weighted by molar-refractivity contribution is 7.84. The van der Waals surface area contributed by atoms with Crippen molar-refractivity contribution in [1.82, 2.24) is 14.6 Å². The maximum absolute atomic E-state index is 11.3. The molecule has 1 aromatic heterocycles. The molecule has 4 rings (SSSR count). The third-order valence-corrected chi connectivity index (χ3v) is 7.30. The quantitative estimate of drug-likeness (QED) is 0.868. The molecule has 0 bridgehead atoms. The van der Waals surface area contributed by atoms with Crippen LogP contribution in [0, 0.1) is 0 Å². The van der Waals surface area contributed by atoms with Crippen molar-refractivity contribution in [2.45, 2.75) is 83.0 Å². The van der Waals surface area contributed by atoms with Gasteiger partial charge in [0.2, 0.25) is 0 Å². The van der Waals surface area contributed by atoms with Gasteiger partial charge in [0.05, 0.1) is 12.6 Å². The Balaban J connectivity index is 0.000000152. The lowest BCUT2D eigenvalue weighted by molar-refractivity contribution is 0.324. The minimum atomic E-state index is -3.35. The molecule has 3 fully saturated rings. The van der Waals surface area contributed by atoms with Crippen LogP contribution in [0.5, 0.6) is 0 Å². The molecular formula is C19H31N3O3S. The normalized spacial score (nSPS) is 32.8. The zero-order valence-electron chi connectivity index (χ0n) is 15.8. The first-order valence-corrected chi connectivity index (χ1v) is 11.2. The van der Waals surface area contributed by atoms with Gasteiger partial charge in [-0.25, -0.2) is 0 Å². The van der Waals surface area contributed by atoms with E-state index < -0.39 is 10.3 Å². The van der Waals surface area contributed by atoms with Crippen LogP contribution in [0.25, 0.3) is 0 Å². The highest BCUT2D eigenvalue weighted by Crippen LogP contribution is 2.34. The monoisotopic (exact) mass is 381 g/mol. The average Bonchev–Trinajstić information content (AvgIpc) is 3.34. The minimum Gasteiger partial charge on any atom is -0.311 e. The lowest BCUT2D eigenvalue weighted by Gasteiger charge is -2.18. The SMILES string of the molecule is CC[C@@H]1CC[C@@H](Cc2ccncc2)N1.CC[C@@H]1CC[C@H]2COS(=O)(=O)N12. The zero-order chi connectivity index (χ0) is 18.6. The van der Waals surface area contributed by atoms with Crippen molar-refractivity contribution in [3.8, 4) is 0 Å². The van der Waals surface area contributed by atoms with Crippen LogP contribution in [0.1, 0.15) is 57.9 Å². The van der Waals surface area contributed by atoms with Gasteiger partial charge in [0.15, 0.2) is 0 Å². The lowest BCUT2D eigenvalue weighted by atomic mass is 10.1. The Labute approximate surface area is 157 Å². The Morgan fingerprint density at radius 3 is 2.50 bits per heavy atom. The van der Waals surface area contributed by atoms with E-state index in [-0.39, 0.29) is 12.1 Å². The van der Waals surface area contributed by atoms with Gasteiger partial charge in [0, 0.05) is 30.5 Å². The third kappa shape index (κ3) is 4.63. The summed E-state index contributed by atoms with van der Waals surface area (Å²) in [7, 11) is -3.35. The van der Waals surface area contributed by atoms with Crippen molar-refractivity contribution < 1.29 is 12.6 Å².